The van der Waals surface area contributed by atoms with Gasteiger partial charge in [0.1, 0.15) is 0 Å². The van der Waals surface area contributed by atoms with Gasteiger partial charge < -0.3 is 27.2 Å². The van der Waals surface area contributed by atoms with E-state index in [0.29, 0.717) is 39.4 Å². The molecule has 0 saturated carbocycles. The van der Waals surface area contributed by atoms with Gasteiger partial charge in [-0.25, -0.2) is 0 Å². The lowest BCUT2D eigenvalue weighted by Crippen LogP contribution is -2.46. The van der Waals surface area contributed by atoms with E-state index in [1.807, 2.05) is 51.1 Å². The molecule has 2 amide bonds. The van der Waals surface area contributed by atoms with Crippen LogP contribution in [0.25, 0.3) is 10.8 Å². The second-order valence-corrected chi connectivity index (χ2v) is 12.4. The molecule has 0 fully saturated rings. The zero-order valence-electron chi connectivity index (χ0n) is 23.9. The Labute approximate surface area is 245 Å². The molecule has 41 heavy (non-hydrogen) atoms. The van der Waals surface area contributed by atoms with Gasteiger partial charge in [0, 0.05) is 45.1 Å². The number of nitrogens with two attached hydrogens (primary N) is 2. The van der Waals surface area contributed by atoms with E-state index in [1.165, 1.54) is 0 Å². The van der Waals surface area contributed by atoms with Gasteiger partial charge >= 0.3 is 0 Å². The zero-order valence-corrected chi connectivity index (χ0v) is 24.7. The predicted octanol–water partition coefficient (Wildman–Crippen LogP) is 5.34. The summed E-state index contributed by atoms with van der Waals surface area (Å²) in [6.07, 6.45) is -0.802. The number of nitrogens with one attached hydrogen (secondary N) is 2. The van der Waals surface area contributed by atoms with Crippen LogP contribution in [0, 0.1) is 6.92 Å². The third-order valence-corrected chi connectivity index (χ3v) is 7.94. The number of thioether (sulfide) groups is 1. The van der Waals surface area contributed by atoms with Crippen LogP contribution >= 0.6 is 11.8 Å². The number of rotatable bonds is 9. The van der Waals surface area contributed by atoms with Crippen LogP contribution in [0.4, 0.5) is 11.4 Å². The molecule has 0 aliphatic rings. The Bertz CT molecular complexity index is 1560. The first-order valence-corrected chi connectivity index (χ1v) is 14.6. The van der Waals surface area contributed by atoms with E-state index >= 15 is 0 Å². The average Bonchev–Trinajstić information content (AvgIpc) is 2.92. The fourth-order valence-electron chi connectivity index (χ4n) is 4.63. The smallest absolute Gasteiger partial charge is 0.252 e. The maximum absolute atomic E-state index is 13.4. The molecule has 4 aromatic rings. The standard InChI is InChI=1S/C33H38N4O3S/c1-20-27(17-24(34)18-28(20)35)31(39)36-29(19-41-25-14-13-21-9-5-6-10-22(21)15-25)30(38)16-23-11-7-8-12-26(23)32(40)37-33(2,3)4/h5-15,17-18,29-30,38H,16,19,34-35H2,1-4H3,(H,36,39)(H,37,40)/t29-,30+/m0/s1. The molecule has 4 aromatic carbocycles. The van der Waals surface area contributed by atoms with Crippen LogP contribution in [0.15, 0.2) is 83.8 Å². The highest BCUT2D eigenvalue weighted by atomic mass is 32.2. The number of benzene rings is 4. The van der Waals surface area contributed by atoms with Gasteiger partial charge in [0.15, 0.2) is 0 Å². The van der Waals surface area contributed by atoms with Gasteiger partial charge in [-0.05, 0) is 79.9 Å². The van der Waals surface area contributed by atoms with Crippen molar-refractivity contribution < 1.29 is 14.7 Å². The second kappa shape index (κ2) is 12.7. The summed E-state index contributed by atoms with van der Waals surface area (Å²) >= 11 is 1.54. The van der Waals surface area contributed by atoms with E-state index in [9.17, 15) is 14.7 Å². The molecule has 4 rings (SSSR count). The van der Waals surface area contributed by atoms with Crippen molar-refractivity contribution in [2.24, 2.45) is 0 Å². The monoisotopic (exact) mass is 570 g/mol. The Kier molecular flexibility index (Phi) is 9.25. The van der Waals surface area contributed by atoms with Gasteiger partial charge in [-0.1, -0.05) is 48.5 Å². The van der Waals surface area contributed by atoms with Crippen molar-refractivity contribution >= 4 is 45.7 Å². The topological polar surface area (TPSA) is 130 Å². The molecule has 0 saturated heterocycles. The minimum Gasteiger partial charge on any atom is -0.399 e. The number of carbonyl (C=O) groups excluding carboxylic acids is 2. The summed E-state index contributed by atoms with van der Waals surface area (Å²) in [6, 6.07) is 24.1. The molecule has 2 atom stereocenters. The molecule has 0 aromatic heterocycles. The van der Waals surface area contributed by atoms with Crippen LogP contribution in [0.1, 0.15) is 52.6 Å². The Morgan fingerprint density at radius 1 is 0.878 bits per heavy atom. The van der Waals surface area contributed by atoms with Crippen LogP contribution in [0.3, 0.4) is 0 Å². The first-order valence-electron chi connectivity index (χ1n) is 13.6. The largest absolute Gasteiger partial charge is 0.399 e. The number of fused-ring (bicyclic) bond motifs is 1. The summed E-state index contributed by atoms with van der Waals surface area (Å²) < 4.78 is 0. The van der Waals surface area contributed by atoms with E-state index in [1.54, 1.807) is 43.0 Å². The molecule has 7 N–H and O–H groups in total. The summed E-state index contributed by atoms with van der Waals surface area (Å²) in [6.45, 7) is 7.53. The summed E-state index contributed by atoms with van der Waals surface area (Å²) in [4.78, 5) is 27.5. The summed E-state index contributed by atoms with van der Waals surface area (Å²) in [5.74, 6) is -0.181. The van der Waals surface area contributed by atoms with E-state index in [2.05, 4.69) is 34.9 Å². The number of aliphatic hydroxyl groups excluding tert-OH is 1. The van der Waals surface area contributed by atoms with Crippen molar-refractivity contribution in [3.8, 4) is 0 Å². The van der Waals surface area contributed by atoms with E-state index in [0.717, 1.165) is 15.7 Å². The highest BCUT2D eigenvalue weighted by Gasteiger charge is 2.26. The van der Waals surface area contributed by atoms with Crippen LogP contribution in [0.5, 0.6) is 0 Å². The molecule has 0 bridgehead atoms. The molecular formula is C33H38N4O3S. The Hall–Kier alpha value is -4.01. The fourth-order valence-corrected chi connectivity index (χ4v) is 5.68. The van der Waals surface area contributed by atoms with Crippen LogP contribution in [-0.4, -0.2) is 40.4 Å². The van der Waals surface area contributed by atoms with Crippen molar-refractivity contribution in [3.05, 3.63) is 101 Å². The number of amides is 2. The van der Waals surface area contributed by atoms with Gasteiger partial charge in [0.25, 0.3) is 11.8 Å². The molecule has 0 heterocycles. The predicted molar refractivity (Wildman–Crippen MR) is 169 cm³/mol. The first kappa shape index (κ1) is 30.0. The number of anilines is 2. The molecule has 8 heteroatoms. The number of hydrogen-bond acceptors (Lipinski definition) is 6. The molecule has 0 aliphatic carbocycles. The van der Waals surface area contributed by atoms with Gasteiger partial charge in [0.2, 0.25) is 0 Å². The lowest BCUT2D eigenvalue weighted by molar-refractivity contribution is 0.0849. The van der Waals surface area contributed by atoms with Crippen LogP contribution in [0.2, 0.25) is 0 Å². The molecule has 0 aliphatic heterocycles. The quantitative estimate of drug-likeness (QED) is 0.137. The highest BCUT2D eigenvalue weighted by molar-refractivity contribution is 7.99. The molecule has 0 unspecified atom stereocenters. The number of aliphatic hydroxyl groups is 1. The maximum Gasteiger partial charge on any atom is 0.252 e. The van der Waals surface area contributed by atoms with E-state index in [-0.39, 0.29) is 18.2 Å². The molecule has 214 valence electrons. The van der Waals surface area contributed by atoms with Crippen molar-refractivity contribution in [1.82, 2.24) is 10.6 Å². The van der Waals surface area contributed by atoms with Crippen LogP contribution < -0.4 is 22.1 Å². The maximum atomic E-state index is 13.4. The highest BCUT2D eigenvalue weighted by Crippen LogP contribution is 2.26. The second-order valence-electron chi connectivity index (χ2n) is 11.3. The van der Waals surface area contributed by atoms with Crippen LogP contribution in [-0.2, 0) is 6.42 Å². The summed E-state index contributed by atoms with van der Waals surface area (Å²) in [5.41, 5.74) is 14.6. The van der Waals surface area contributed by atoms with Gasteiger partial charge in [-0.15, -0.1) is 11.8 Å². The minimum absolute atomic E-state index is 0.176. The van der Waals surface area contributed by atoms with Gasteiger partial charge in [0.05, 0.1) is 12.1 Å². The number of hydrogen-bond donors (Lipinski definition) is 5. The van der Waals surface area contributed by atoms with E-state index in [4.69, 9.17) is 11.5 Å². The lowest BCUT2D eigenvalue weighted by Gasteiger charge is -2.26. The lowest BCUT2D eigenvalue weighted by atomic mass is 9.96. The number of nitrogen functional groups attached to an aromatic ring is 2. The Balaban J connectivity index is 1.60. The third-order valence-electron chi connectivity index (χ3n) is 6.83. The zero-order chi connectivity index (χ0) is 29.7. The molecule has 0 radical (unpaired) electrons. The summed E-state index contributed by atoms with van der Waals surface area (Å²) in [5, 5.41) is 19.8. The fraction of sp³-hybridized carbons (Fsp3) is 0.273. The van der Waals surface area contributed by atoms with Gasteiger partial charge in [-0.3, -0.25) is 9.59 Å². The molecular weight excluding hydrogens is 532 g/mol. The summed E-state index contributed by atoms with van der Waals surface area (Å²) in [7, 11) is 0. The van der Waals surface area contributed by atoms with Gasteiger partial charge in [-0.2, -0.15) is 0 Å². The first-order chi connectivity index (χ1) is 19.4. The average molecular weight is 571 g/mol. The van der Waals surface area contributed by atoms with E-state index < -0.39 is 17.7 Å². The van der Waals surface area contributed by atoms with Crippen molar-refractivity contribution in [1.29, 1.82) is 0 Å². The molecule has 0 spiro atoms. The van der Waals surface area contributed by atoms with Crippen molar-refractivity contribution in [2.75, 3.05) is 17.2 Å². The minimum atomic E-state index is -0.978. The Morgan fingerprint density at radius 2 is 1.56 bits per heavy atom. The Morgan fingerprint density at radius 3 is 2.29 bits per heavy atom. The normalized spacial score (nSPS) is 13.0. The number of carbonyl (C=O) groups is 2. The SMILES string of the molecule is Cc1c(N)cc(N)cc1C(=O)N[C@@H](CSc1ccc2ccccc2c1)[C@H](O)Cc1ccccc1C(=O)NC(C)(C)C. The third kappa shape index (κ3) is 7.80. The van der Waals surface area contributed by atoms with Crippen molar-refractivity contribution in [2.45, 2.75) is 56.7 Å². The van der Waals surface area contributed by atoms with Crippen molar-refractivity contribution in [3.63, 3.8) is 0 Å². The molecule has 7 nitrogen and oxygen atoms in total.